The van der Waals surface area contributed by atoms with Crippen LogP contribution in [0, 0.1) is 0 Å². The third-order valence-corrected chi connectivity index (χ3v) is 6.15. The van der Waals surface area contributed by atoms with E-state index in [4.69, 9.17) is 34.8 Å². The Morgan fingerprint density at radius 2 is 1.91 bits per heavy atom. The summed E-state index contributed by atoms with van der Waals surface area (Å²) in [6.45, 7) is 1.87. The number of nitrogens with one attached hydrogen (secondary N) is 1. The van der Waals surface area contributed by atoms with Gasteiger partial charge in [-0.05, 0) is 38.1 Å². The van der Waals surface area contributed by atoms with Crippen LogP contribution in [0.5, 0.6) is 0 Å². The number of halogens is 4. The van der Waals surface area contributed by atoms with Crippen molar-refractivity contribution in [1.82, 2.24) is 10.2 Å². The van der Waals surface area contributed by atoms with E-state index in [0.717, 1.165) is 30.6 Å². The minimum Gasteiger partial charge on any atom is -0.338 e. The van der Waals surface area contributed by atoms with Crippen molar-refractivity contribution < 1.29 is 4.79 Å². The van der Waals surface area contributed by atoms with Crippen molar-refractivity contribution >= 4 is 74.5 Å². The molecular formula is C15H16Cl4N2OS. The van der Waals surface area contributed by atoms with Gasteiger partial charge in [0.15, 0.2) is 0 Å². The van der Waals surface area contributed by atoms with Crippen LogP contribution in [0.4, 0.5) is 0 Å². The molecule has 0 spiro atoms. The monoisotopic (exact) mass is 412 g/mol. The highest BCUT2D eigenvalue weighted by Gasteiger charge is 2.27. The molecule has 1 aromatic carbocycles. The summed E-state index contributed by atoms with van der Waals surface area (Å²) >= 11 is 20.0. The Bertz CT molecular complexity index is 728. The maximum Gasteiger partial charge on any atom is 0.265 e. The van der Waals surface area contributed by atoms with Crippen molar-refractivity contribution in [1.29, 1.82) is 0 Å². The van der Waals surface area contributed by atoms with Gasteiger partial charge in [0.25, 0.3) is 5.91 Å². The first-order valence-electron chi connectivity index (χ1n) is 7.04. The van der Waals surface area contributed by atoms with Gasteiger partial charge in [-0.25, -0.2) is 0 Å². The van der Waals surface area contributed by atoms with Crippen molar-refractivity contribution in [2.24, 2.45) is 0 Å². The zero-order valence-corrected chi connectivity index (χ0v) is 16.3. The van der Waals surface area contributed by atoms with Gasteiger partial charge in [0, 0.05) is 28.2 Å². The fourth-order valence-electron chi connectivity index (χ4n) is 2.77. The van der Waals surface area contributed by atoms with Crippen LogP contribution in [-0.2, 0) is 0 Å². The third kappa shape index (κ3) is 3.73. The zero-order valence-electron chi connectivity index (χ0n) is 12.4. The quantitative estimate of drug-likeness (QED) is 0.741. The Hall–Kier alpha value is -0.230. The number of carbonyl (C=O) groups is 1. The molecule has 1 aliphatic heterocycles. The van der Waals surface area contributed by atoms with Crippen LogP contribution >= 0.6 is 58.5 Å². The van der Waals surface area contributed by atoms with Gasteiger partial charge in [0.1, 0.15) is 4.88 Å². The van der Waals surface area contributed by atoms with Gasteiger partial charge < -0.3 is 10.2 Å². The van der Waals surface area contributed by atoms with Gasteiger partial charge in [0.2, 0.25) is 0 Å². The Balaban J connectivity index is 0.00000192. The van der Waals surface area contributed by atoms with E-state index in [-0.39, 0.29) is 24.4 Å². The number of rotatable bonds is 2. The predicted octanol–water partition coefficient (Wildman–Crippen LogP) is 5.11. The summed E-state index contributed by atoms with van der Waals surface area (Å²) in [4.78, 5) is 15.1. The van der Waals surface area contributed by atoms with Gasteiger partial charge in [-0.2, -0.15) is 0 Å². The van der Waals surface area contributed by atoms with Crippen LogP contribution in [0.1, 0.15) is 22.5 Å². The number of hydrogen-bond donors (Lipinski definition) is 1. The van der Waals surface area contributed by atoms with Crippen molar-refractivity contribution in [2.45, 2.75) is 18.9 Å². The first kappa shape index (κ1) is 19.1. The van der Waals surface area contributed by atoms with Crippen molar-refractivity contribution in [3.05, 3.63) is 32.1 Å². The molecule has 1 fully saturated rings. The Morgan fingerprint density at radius 3 is 2.57 bits per heavy atom. The lowest BCUT2D eigenvalue weighted by molar-refractivity contribution is 0.0708. The van der Waals surface area contributed by atoms with Gasteiger partial charge in [-0.15, -0.1) is 23.7 Å². The SMILES string of the molecule is CN(C(=O)c1sc2cc(Cl)cc(Cl)c2c1Cl)C1CCNCC1.Cl. The average molecular weight is 414 g/mol. The summed E-state index contributed by atoms with van der Waals surface area (Å²) in [6.07, 6.45) is 1.91. The molecule has 1 N–H and O–H groups in total. The van der Waals surface area contributed by atoms with E-state index in [9.17, 15) is 4.79 Å². The smallest absolute Gasteiger partial charge is 0.265 e. The zero-order chi connectivity index (χ0) is 15.9. The number of amides is 1. The van der Waals surface area contributed by atoms with Gasteiger partial charge in [-0.3, -0.25) is 4.79 Å². The minimum absolute atomic E-state index is 0. The molecule has 0 atom stereocenters. The van der Waals surface area contributed by atoms with E-state index in [1.807, 2.05) is 7.05 Å². The number of benzene rings is 1. The van der Waals surface area contributed by atoms with Crippen molar-refractivity contribution in [2.75, 3.05) is 20.1 Å². The average Bonchev–Trinajstić information content (AvgIpc) is 2.83. The highest BCUT2D eigenvalue weighted by Crippen LogP contribution is 2.41. The lowest BCUT2D eigenvalue weighted by Gasteiger charge is -2.31. The van der Waals surface area contributed by atoms with E-state index in [2.05, 4.69) is 5.32 Å². The second-order valence-electron chi connectivity index (χ2n) is 5.40. The Labute approximate surface area is 160 Å². The predicted molar refractivity (Wildman–Crippen MR) is 102 cm³/mol. The van der Waals surface area contributed by atoms with Crippen LogP contribution in [0.15, 0.2) is 12.1 Å². The molecule has 3 nitrogen and oxygen atoms in total. The third-order valence-electron chi connectivity index (χ3n) is 4.02. The lowest BCUT2D eigenvalue weighted by atomic mass is 10.1. The van der Waals surface area contributed by atoms with Crippen LogP contribution in [0.3, 0.4) is 0 Å². The van der Waals surface area contributed by atoms with Gasteiger partial charge in [0.05, 0.1) is 10.0 Å². The molecule has 0 unspecified atom stereocenters. The highest BCUT2D eigenvalue weighted by molar-refractivity contribution is 7.21. The summed E-state index contributed by atoms with van der Waals surface area (Å²) in [5.74, 6) is -0.0507. The number of carbonyl (C=O) groups excluding carboxylic acids is 1. The molecule has 23 heavy (non-hydrogen) atoms. The first-order chi connectivity index (χ1) is 10.5. The highest BCUT2D eigenvalue weighted by atomic mass is 35.5. The fraction of sp³-hybridized carbons (Fsp3) is 0.400. The second kappa shape index (κ2) is 7.77. The molecule has 0 radical (unpaired) electrons. The van der Waals surface area contributed by atoms with Crippen molar-refractivity contribution in [3.8, 4) is 0 Å². The van der Waals surface area contributed by atoms with Crippen LogP contribution in [0.2, 0.25) is 15.1 Å². The lowest BCUT2D eigenvalue weighted by Crippen LogP contribution is -2.43. The number of hydrogen-bond acceptors (Lipinski definition) is 3. The first-order valence-corrected chi connectivity index (χ1v) is 8.99. The molecule has 0 bridgehead atoms. The van der Waals surface area contributed by atoms with E-state index < -0.39 is 0 Å². The number of nitrogens with zero attached hydrogens (tertiary/aromatic N) is 1. The normalized spacial score (nSPS) is 15.5. The summed E-state index contributed by atoms with van der Waals surface area (Å²) in [7, 11) is 1.84. The molecule has 0 aliphatic carbocycles. The summed E-state index contributed by atoms with van der Waals surface area (Å²) in [6, 6.07) is 3.68. The molecule has 2 heterocycles. The molecule has 1 aromatic heterocycles. The fourth-order valence-corrected chi connectivity index (χ4v) is 5.13. The molecule has 0 saturated carbocycles. The van der Waals surface area contributed by atoms with Crippen LogP contribution in [-0.4, -0.2) is 37.0 Å². The molecule has 1 amide bonds. The molecular weight excluding hydrogens is 398 g/mol. The largest absolute Gasteiger partial charge is 0.338 e. The number of thiophene rings is 1. The van der Waals surface area contributed by atoms with Crippen LogP contribution in [0.25, 0.3) is 10.1 Å². The van der Waals surface area contributed by atoms with Crippen molar-refractivity contribution in [3.63, 3.8) is 0 Å². The molecule has 2 aromatic rings. The maximum absolute atomic E-state index is 12.8. The van der Waals surface area contributed by atoms with E-state index in [0.29, 0.717) is 25.3 Å². The molecule has 8 heteroatoms. The van der Waals surface area contributed by atoms with Crippen LogP contribution < -0.4 is 5.32 Å². The number of fused-ring (bicyclic) bond motifs is 1. The molecule has 1 saturated heterocycles. The maximum atomic E-state index is 12.8. The molecule has 1 aliphatic rings. The van der Waals surface area contributed by atoms with E-state index >= 15 is 0 Å². The molecule has 126 valence electrons. The summed E-state index contributed by atoms with van der Waals surface area (Å²) in [5, 5.41) is 5.45. The summed E-state index contributed by atoms with van der Waals surface area (Å²) < 4.78 is 0.838. The standard InChI is InChI=1S/C15H15Cl3N2OS.ClH/c1-20(9-2-4-19-5-3-9)15(21)14-13(18)12-10(17)6-8(16)7-11(12)22-14;/h6-7,9,19H,2-5H2,1H3;1H. The topological polar surface area (TPSA) is 32.3 Å². The second-order valence-corrected chi connectivity index (χ2v) is 7.68. The van der Waals surface area contributed by atoms with E-state index in [1.165, 1.54) is 11.3 Å². The Morgan fingerprint density at radius 1 is 1.26 bits per heavy atom. The molecule has 3 rings (SSSR count). The van der Waals surface area contributed by atoms with Gasteiger partial charge in [-0.1, -0.05) is 34.8 Å². The van der Waals surface area contributed by atoms with Gasteiger partial charge >= 0.3 is 0 Å². The Kier molecular flexibility index (Phi) is 6.45. The van der Waals surface area contributed by atoms with E-state index in [1.54, 1.807) is 17.0 Å². The summed E-state index contributed by atoms with van der Waals surface area (Å²) in [5.41, 5.74) is 0. The minimum atomic E-state index is -0.0507. The number of piperidine rings is 1.